The van der Waals surface area contributed by atoms with Gasteiger partial charge in [0.1, 0.15) is 5.82 Å². The zero-order chi connectivity index (χ0) is 12.4. The van der Waals surface area contributed by atoms with E-state index in [-0.39, 0.29) is 5.95 Å². The quantitative estimate of drug-likeness (QED) is 0.924. The second kappa shape index (κ2) is 4.79. The van der Waals surface area contributed by atoms with Gasteiger partial charge >= 0.3 is 0 Å². The molecule has 0 fully saturated rings. The first-order chi connectivity index (χ1) is 8.10. The number of hydrogen-bond acceptors (Lipinski definition) is 4. The van der Waals surface area contributed by atoms with Crippen LogP contribution in [0.15, 0.2) is 22.7 Å². The van der Waals surface area contributed by atoms with Crippen molar-refractivity contribution in [2.24, 2.45) is 0 Å². The number of nitrogen functional groups attached to an aromatic ring is 1. The van der Waals surface area contributed by atoms with Crippen LogP contribution in [0.4, 0.5) is 5.95 Å². The van der Waals surface area contributed by atoms with Crippen molar-refractivity contribution in [3.8, 4) is 11.4 Å². The molecule has 2 aromatic rings. The average molecular weight is 293 g/mol. The highest BCUT2D eigenvalue weighted by Gasteiger charge is 2.07. The number of hydrogen-bond donors (Lipinski definition) is 1. The molecule has 17 heavy (non-hydrogen) atoms. The summed E-state index contributed by atoms with van der Waals surface area (Å²) in [6.07, 6.45) is 0.743. The first kappa shape index (κ1) is 12.0. The van der Waals surface area contributed by atoms with Gasteiger partial charge in [-0.3, -0.25) is 0 Å². The Morgan fingerprint density at radius 2 is 2.00 bits per heavy atom. The summed E-state index contributed by atoms with van der Waals surface area (Å²) in [7, 11) is 0. The number of aryl methyl sites for hydroxylation is 2. The predicted octanol–water partition coefficient (Wildman–Crippen LogP) is 2.75. The van der Waals surface area contributed by atoms with Crippen LogP contribution in [0.3, 0.4) is 0 Å². The minimum Gasteiger partial charge on any atom is -0.368 e. The fraction of sp³-hybridized carbons (Fsp3) is 0.250. The Labute approximate surface area is 108 Å². The third-order valence-electron chi connectivity index (χ3n) is 2.45. The van der Waals surface area contributed by atoms with E-state index in [0.717, 1.165) is 16.5 Å². The van der Waals surface area contributed by atoms with Gasteiger partial charge in [0.05, 0.1) is 0 Å². The molecule has 0 unspecified atom stereocenters. The molecule has 1 heterocycles. The summed E-state index contributed by atoms with van der Waals surface area (Å²) >= 11 is 3.50. The van der Waals surface area contributed by atoms with Gasteiger partial charge < -0.3 is 5.73 Å². The van der Waals surface area contributed by atoms with Crippen LogP contribution in [0.25, 0.3) is 11.4 Å². The molecule has 0 saturated carbocycles. The van der Waals surface area contributed by atoms with Crippen LogP contribution >= 0.6 is 15.9 Å². The third kappa shape index (κ3) is 2.61. The monoisotopic (exact) mass is 292 g/mol. The molecule has 0 atom stereocenters. The van der Waals surface area contributed by atoms with E-state index in [1.165, 1.54) is 5.56 Å². The van der Waals surface area contributed by atoms with Crippen LogP contribution in [0.2, 0.25) is 0 Å². The Hall–Kier alpha value is -1.49. The molecule has 0 saturated heterocycles. The Morgan fingerprint density at radius 1 is 1.24 bits per heavy atom. The maximum atomic E-state index is 5.67. The predicted molar refractivity (Wildman–Crippen MR) is 71.5 cm³/mol. The Bertz CT molecular complexity index is 554. The van der Waals surface area contributed by atoms with Gasteiger partial charge in [-0.2, -0.15) is 9.97 Å². The van der Waals surface area contributed by atoms with Crippen molar-refractivity contribution in [3.63, 3.8) is 0 Å². The van der Waals surface area contributed by atoms with Gasteiger partial charge in [0.2, 0.25) is 5.95 Å². The van der Waals surface area contributed by atoms with E-state index in [0.29, 0.717) is 11.6 Å². The summed E-state index contributed by atoms with van der Waals surface area (Å²) in [4.78, 5) is 12.6. The van der Waals surface area contributed by atoms with E-state index < -0.39 is 0 Å². The fourth-order valence-corrected chi connectivity index (χ4v) is 1.84. The van der Waals surface area contributed by atoms with Crippen molar-refractivity contribution >= 4 is 21.9 Å². The van der Waals surface area contributed by atoms with E-state index in [4.69, 9.17) is 5.73 Å². The highest BCUT2D eigenvalue weighted by molar-refractivity contribution is 9.10. The van der Waals surface area contributed by atoms with E-state index in [9.17, 15) is 0 Å². The van der Waals surface area contributed by atoms with Gasteiger partial charge in [-0.1, -0.05) is 35.0 Å². The first-order valence-electron chi connectivity index (χ1n) is 5.37. The number of anilines is 1. The van der Waals surface area contributed by atoms with Gasteiger partial charge in [-0.05, 0) is 18.6 Å². The molecule has 0 amide bonds. The molecule has 5 heteroatoms. The summed E-state index contributed by atoms with van der Waals surface area (Å²) < 4.78 is 1.03. The fourth-order valence-electron chi connectivity index (χ4n) is 1.46. The Kier molecular flexibility index (Phi) is 3.38. The van der Waals surface area contributed by atoms with Crippen LogP contribution in [-0.4, -0.2) is 15.0 Å². The average Bonchev–Trinajstić information content (AvgIpc) is 2.32. The lowest BCUT2D eigenvalue weighted by molar-refractivity contribution is 0.913. The largest absolute Gasteiger partial charge is 0.368 e. The second-order valence-corrected chi connectivity index (χ2v) is 4.61. The van der Waals surface area contributed by atoms with Gasteiger partial charge in [0.15, 0.2) is 5.82 Å². The van der Waals surface area contributed by atoms with Crippen LogP contribution in [0.1, 0.15) is 18.3 Å². The lowest BCUT2D eigenvalue weighted by atomic mass is 10.1. The van der Waals surface area contributed by atoms with Crippen molar-refractivity contribution in [2.45, 2.75) is 20.3 Å². The van der Waals surface area contributed by atoms with Crippen molar-refractivity contribution in [3.05, 3.63) is 34.1 Å². The van der Waals surface area contributed by atoms with E-state index >= 15 is 0 Å². The molecule has 0 radical (unpaired) electrons. The van der Waals surface area contributed by atoms with E-state index in [1.54, 1.807) is 0 Å². The number of nitrogens with two attached hydrogens (primary N) is 1. The minimum atomic E-state index is 0.267. The van der Waals surface area contributed by atoms with Crippen LogP contribution in [0, 0.1) is 6.92 Å². The summed E-state index contributed by atoms with van der Waals surface area (Å²) in [5.74, 6) is 1.60. The second-order valence-electron chi connectivity index (χ2n) is 3.75. The summed E-state index contributed by atoms with van der Waals surface area (Å²) in [6, 6.07) is 5.99. The van der Waals surface area contributed by atoms with Crippen LogP contribution in [0.5, 0.6) is 0 Å². The molecule has 0 aliphatic heterocycles. The molecule has 1 aromatic heterocycles. The standard InChI is InChI=1S/C12H13BrN4/c1-3-10-15-11(17-12(14)16-10)8-5-4-7(2)9(13)6-8/h4-6H,3H2,1-2H3,(H2,14,15,16,17). The molecular formula is C12H13BrN4. The SMILES string of the molecule is CCc1nc(N)nc(-c2ccc(C)c(Br)c2)n1. The summed E-state index contributed by atoms with van der Waals surface area (Å²) in [6.45, 7) is 4.02. The zero-order valence-electron chi connectivity index (χ0n) is 9.74. The molecule has 2 N–H and O–H groups in total. The summed E-state index contributed by atoms with van der Waals surface area (Å²) in [5.41, 5.74) is 7.78. The highest BCUT2D eigenvalue weighted by atomic mass is 79.9. The number of halogens is 1. The number of rotatable bonds is 2. The van der Waals surface area contributed by atoms with E-state index in [2.05, 4.69) is 30.9 Å². The molecular weight excluding hydrogens is 280 g/mol. The molecule has 4 nitrogen and oxygen atoms in total. The maximum Gasteiger partial charge on any atom is 0.223 e. The molecule has 1 aromatic carbocycles. The van der Waals surface area contributed by atoms with Crippen molar-refractivity contribution in [2.75, 3.05) is 5.73 Å². The van der Waals surface area contributed by atoms with Crippen LogP contribution in [-0.2, 0) is 6.42 Å². The normalized spacial score (nSPS) is 10.5. The highest BCUT2D eigenvalue weighted by Crippen LogP contribution is 2.23. The molecule has 2 rings (SSSR count). The summed E-state index contributed by atoms with van der Waals surface area (Å²) in [5, 5.41) is 0. The van der Waals surface area contributed by atoms with Crippen molar-refractivity contribution in [1.82, 2.24) is 15.0 Å². The topological polar surface area (TPSA) is 64.7 Å². The molecule has 0 bridgehead atoms. The number of aromatic nitrogens is 3. The minimum absolute atomic E-state index is 0.267. The lowest BCUT2D eigenvalue weighted by Gasteiger charge is -2.05. The van der Waals surface area contributed by atoms with Gasteiger partial charge in [-0.25, -0.2) is 4.98 Å². The Morgan fingerprint density at radius 3 is 2.65 bits per heavy atom. The zero-order valence-corrected chi connectivity index (χ0v) is 11.3. The number of nitrogens with zero attached hydrogens (tertiary/aromatic N) is 3. The molecule has 88 valence electrons. The smallest absolute Gasteiger partial charge is 0.223 e. The Balaban J connectivity index is 2.52. The van der Waals surface area contributed by atoms with Gasteiger partial charge in [-0.15, -0.1) is 0 Å². The lowest BCUT2D eigenvalue weighted by Crippen LogP contribution is -2.04. The number of benzene rings is 1. The van der Waals surface area contributed by atoms with Crippen molar-refractivity contribution < 1.29 is 0 Å². The van der Waals surface area contributed by atoms with Gasteiger partial charge in [0, 0.05) is 16.5 Å². The maximum absolute atomic E-state index is 5.67. The van der Waals surface area contributed by atoms with E-state index in [1.807, 2.05) is 32.0 Å². The van der Waals surface area contributed by atoms with Crippen LogP contribution < -0.4 is 5.73 Å². The third-order valence-corrected chi connectivity index (χ3v) is 3.30. The molecule has 0 spiro atoms. The molecule has 0 aliphatic carbocycles. The first-order valence-corrected chi connectivity index (χ1v) is 6.16. The molecule has 0 aliphatic rings. The van der Waals surface area contributed by atoms with Crippen molar-refractivity contribution in [1.29, 1.82) is 0 Å². The van der Waals surface area contributed by atoms with Gasteiger partial charge in [0.25, 0.3) is 0 Å².